The van der Waals surface area contributed by atoms with Gasteiger partial charge in [-0.15, -0.1) is 13.2 Å². The average Bonchev–Trinajstić information content (AvgIpc) is 2.56. The van der Waals surface area contributed by atoms with E-state index in [9.17, 15) is 0 Å². The molecule has 2 saturated heterocycles. The van der Waals surface area contributed by atoms with E-state index in [4.69, 9.17) is 0 Å². The Morgan fingerprint density at radius 3 is 2.17 bits per heavy atom. The summed E-state index contributed by atoms with van der Waals surface area (Å²) >= 11 is 0. The van der Waals surface area contributed by atoms with Crippen molar-refractivity contribution in [2.24, 2.45) is 11.8 Å². The largest absolute Gasteiger partial charge is 0.304 e. The van der Waals surface area contributed by atoms with Gasteiger partial charge in [0.05, 0.1) is 0 Å². The van der Waals surface area contributed by atoms with Crippen LogP contribution in [0.2, 0.25) is 0 Å². The van der Waals surface area contributed by atoms with Gasteiger partial charge in [0.25, 0.3) is 0 Å². The number of hydrogen-bond donors (Lipinski definition) is 0. The molecular formula is C20H41N3. The Morgan fingerprint density at radius 2 is 1.65 bits per heavy atom. The Bertz CT molecular complexity index is 297. The third kappa shape index (κ3) is 7.36. The summed E-state index contributed by atoms with van der Waals surface area (Å²) in [6.45, 7) is 25.7. The Labute approximate surface area is 145 Å². The molecule has 0 amide bonds. The van der Waals surface area contributed by atoms with Gasteiger partial charge in [-0.25, -0.2) is 0 Å². The molecule has 0 radical (unpaired) electrons. The molecule has 2 fully saturated rings. The van der Waals surface area contributed by atoms with Gasteiger partial charge in [0, 0.05) is 32.2 Å². The zero-order valence-corrected chi connectivity index (χ0v) is 16.3. The minimum absolute atomic E-state index is 0.744. The van der Waals surface area contributed by atoms with Gasteiger partial charge in [-0.3, -0.25) is 4.90 Å². The van der Waals surface area contributed by atoms with Crippen molar-refractivity contribution in [1.29, 1.82) is 0 Å². The lowest BCUT2D eigenvalue weighted by atomic mass is 9.93. The number of nitrogens with zero attached hydrogens (tertiary/aromatic N) is 3. The first kappa shape index (κ1) is 20.7. The molecule has 0 spiro atoms. The first-order valence-electron chi connectivity index (χ1n) is 9.77. The fraction of sp³-hybridized carbons (Fsp3) is 0.900. The Morgan fingerprint density at radius 1 is 1.00 bits per heavy atom. The van der Waals surface area contributed by atoms with Crippen LogP contribution in [0.25, 0.3) is 0 Å². The Kier molecular flexibility index (Phi) is 10.1. The van der Waals surface area contributed by atoms with Gasteiger partial charge in [-0.1, -0.05) is 20.8 Å². The topological polar surface area (TPSA) is 9.72 Å². The minimum Gasteiger partial charge on any atom is -0.304 e. The molecule has 0 N–H and O–H groups in total. The first-order valence-corrected chi connectivity index (χ1v) is 9.77. The highest BCUT2D eigenvalue weighted by molar-refractivity contribution is 4.81. The predicted octanol–water partition coefficient (Wildman–Crippen LogP) is 3.57. The second-order valence-electron chi connectivity index (χ2n) is 7.70. The maximum absolute atomic E-state index is 3.00. The van der Waals surface area contributed by atoms with Gasteiger partial charge >= 0.3 is 0 Å². The van der Waals surface area contributed by atoms with E-state index in [1.807, 2.05) is 0 Å². The molecule has 1 atom stereocenters. The third-order valence-electron chi connectivity index (χ3n) is 5.45. The van der Waals surface area contributed by atoms with Crippen LogP contribution in [0.1, 0.15) is 47.0 Å². The maximum Gasteiger partial charge on any atom is 0.0195 e. The van der Waals surface area contributed by atoms with E-state index in [1.165, 1.54) is 71.6 Å². The molecule has 0 aromatic heterocycles. The summed E-state index contributed by atoms with van der Waals surface area (Å²) in [5.74, 6) is 1.78. The van der Waals surface area contributed by atoms with E-state index < -0.39 is 0 Å². The van der Waals surface area contributed by atoms with Crippen LogP contribution in [-0.4, -0.2) is 73.1 Å². The van der Waals surface area contributed by atoms with Gasteiger partial charge in [0.2, 0.25) is 0 Å². The van der Waals surface area contributed by atoms with E-state index in [1.54, 1.807) is 0 Å². The number of hydrogen-bond acceptors (Lipinski definition) is 3. The smallest absolute Gasteiger partial charge is 0.0195 e. The molecule has 2 rings (SSSR count). The molecule has 136 valence electrons. The van der Waals surface area contributed by atoms with Crippen molar-refractivity contribution in [1.82, 2.24) is 14.7 Å². The van der Waals surface area contributed by atoms with Crippen molar-refractivity contribution in [2.45, 2.75) is 53.0 Å². The van der Waals surface area contributed by atoms with E-state index in [-0.39, 0.29) is 0 Å². The van der Waals surface area contributed by atoms with Crippen LogP contribution in [0.5, 0.6) is 0 Å². The molecule has 0 aliphatic carbocycles. The Hall–Kier alpha value is -0.380. The van der Waals surface area contributed by atoms with E-state index in [0.717, 1.165) is 17.9 Å². The highest BCUT2D eigenvalue weighted by atomic mass is 15.3. The molecule has 0 bridgehead atoms. The fourth-order valence-corrected chi connectivity index (χ4v) is 4.02. The standard InChI is InChI=1S/C18H37N3.C2H4/c1-5-19-9-6-18(7-10-19)8-11-21-13-12-20(14-16(2)3)15-17(21)4;1-2/h16-18H,5-15H2,1-4H3;1-2H2/t17-;/m1./s1. The maximum atomic E-state index is 3.00. The summed E-state index contributed by atoms with van der Waals surface area (Å²) in [5.41, 5.74) is 0. The summed E-state index contributed by atoms with van der Waals surface area (Å²) in [4.78, 5) is 8.00. The fourth-order valence-electron chi connectivity index (χ4n) is 4.02. The first-order chi connectivity index (χ1) is 11.1. The summed E-state index contributed by atoms with van der Waals surface area (Å²) < 4.78 is 0. The minimum atomic E-state index is 0.744. The highest BCUT2D eigenvalue weighted by Gasteiger charge is 2.25. The molecule has 0 aromatic rings. The molecule has 0 aromatic carbocycles. The summed E-state index contributed by atoms with van der Waals surface area (Å²) in [6, 6.07) is 0.744. The van der Waals surface area contributed by atoms with Crippen molar-refractivity contribution < 1.29 is 0 Å². The zero-order valence-electron chi connectivity index (χ0n) is 16.3. The zero-order chi connectivity index (χ0) is 17.2. The lowest BCUT2D eigenvalue weighted by Gasteiger charge is -2.41. The molecule has 3 heteroatoms. The van der Waals surface area contributed by atoms with Crippen LogP contribution in [0.15, 0.2) is 13.2 Å². The van der Waals surface area contributed by atoms with Crippen LogP contribution in [0.3, 0.4) is 0 Å². The second kappa shape index (κ2) is 11.2. The number of piperidine rings is 1. The van der Waals surface area contributed by atoms with Crippen molar-refractivity contribution in [3.8, 4) is 0 Å². The summed E-state index contributed by atoms with van der Waals surface area (Å²) in [6.07, 6.45) is 4.27. The second-order valence-corrected chi connectivity index (χ2v) is 7.70. The van der Waals surface area contributed by atoms with Gasteiger partial charge < -0.3 is 9.80 Å². The monoisotopic (exact) mass is 323 g/mol. The van der Waals surface area contributed by atoms with Crippen molar-refractivity contribution in [2.75, 3.05) is 52.4 Å². The molecule has 2 aliphatic heterocycles. The van der Waals surface area contributed by atoms with E-state index in [0.29, 0.717) is 0 Å². The molecule has 2 heterocycles. The van der Waals surface area contributed by atoms with Crippen LogP contribution in [-0.2, 0) is 0 Å². The molecule has 0 saturated carbocycles. The third-order valence-corrected chi connectivity index (χ3v) is 5.45. The van der Waals surface area contributed by atoms with Crippen molar-refractivity contribution in [3.05, 3.63) is 13.2 Å². The van der Waals surface area contributed by atoms with Gasteiger partial charge in [0.15, 0.2) is 0 Å². The van der Waals surface area contributed by atoms with Crippen LogP contribution in [0.4, 0.5) is 0 Å². The molecule has 0 unspecified atom stereocenters. The lowest BCUT2D eigenvalue weighted by molar-refractivity contribution is 0.0677. The van der Waals surface area contributed by atoms with Crippen molar-refractivity contribution >= 4 is 0 Å². The summed E-state index contributed by atoms with van der Waals surface area (Å²) in [7, 11) is 0. The van der Waals surface area contributed by atoms with Crippen molar-refractivity contribution in [3.63, 3.8) is 0 Å². The van der Waals surface area contributed by atoms with Crippen LogP contribution >= 0.6 is 0 Å². The van der Waals surface area contributed by atoms with E-state index in [2.05, 4.69) is 55.6 Å². The van der Waals surface area contributed by atoms with Gasteiger partial charge in [-0.2, -0.15) is 0 Å². The Balaban J connectivity index is 0.00000127. The normalized spacial score (nSPS) is 25.3. The number of piperazine rings is 1. The van der Waals surface area contributed by atoms with Gasteiger partial charge in [-0.05, 0) is 64.2 Å². The number of likely N-dealkylation sites (tertiary alicyclic amines) is 1. The lowest BCUT2D eigenvalue weighted by Crippen LogP contribution is -2.53. The molecule has 23 heavy (non-hydrogen) atoms. The SMILES string of the molecule is C=C.CCN1CCC(CCN2CCN(CC(C)C)C[C@H]2C)CC1. The quantitative estimate of drug-likeness (QED) is 0.692. The van der Waals surface area contributed by atoms with Crippen LogP contribution in [0, 0.1) is 11.8 Å². The highest BCUT2D eigenvalue weighted by Crippen LogP contribution is 2.22. The average molecular weight is 324 g/mol. The van der Waals surface area contributed by atoms with E-state index >= 15 is 0 Å². The number of rotatable bonds is 6. The summed E-state index contributed by atoms with van der Waals surface area (Å²) in [5, 5.41) is 0. The van der Waals surface area contributed by atoms with Crippen LogP contribution < -0.4 is 0 Å². The van der Waals surface area contributed by atoms with Gasteiger partial charge in [0.1, 0.15) is 0 Å². The molecule has 3 nitrogen and oxygen atoms in total. The predicted molar refractivity (Wildman–Crippen MR) is 103 cm³/mol. The molecule has 2 aliphatic rings. The molecular weight excluding hydrogens is 282 g/mol.